The third kappa shape index (κ3) is 3.34. The number of carbonyl (C=O) groups is 2. The van der Waals surface area contributed by atoms with Gasteiger partial charge in [0.1, 0.15) is 30.5 Å². The molecule has 1 atom stereocenters. The number of H-pyrrole nitrogens is 1. The molecular weight excluding hydrogens is 343 g/mol. The van der Waals surface area contributed by atoms with Gasteiger partial charge >= 0.3 is 6.09 Å². The molecular formula is C17H19FN4O4. The minimum Gasteiger partial charge on any atom is -0.439 e. The van der Waals surface area contributed by atoms with Crippen LogP contribution >= 0.6 is 0 Å². The number of nitrogens with zero attached hydrogens (tertiary/aromatic N) is 2. The predicted octanol–water partition coefficient (Wildman–Crippen LogP) is 1.32. The third-order valence-corrected chi connectivity index (χ3v) is 4.71. The van der Waals surface area contributed by atoms with Crippen LogP contribution in [0.4, 0.5) is 9.18 Å². The van der Waals surface area contributed by atoms with Crippen molar-refractivity contribution in [1.82, 2.24) is 20.2 Å². The number of halogens is 1. The molecule has 2 saturated heterocycles. The number of likely N-dealkylation sites (tertiary alicyclic amines) is 1. The van der Waals surface area contributed by atoms with Crippen LogP contribution in [0.2, 0.25) is 0 Å². The van der Waals surface area contributed by atoms with E-state index in [-0.39, 0.29) is 24.9 Å². The van der Waals surface area contributed by atoms with Gasteiger partial charge in [0.2, 0.25) is 5.91 Å². The van der Waals surface area contributed by atoms with Crippen LogP contribution in [0.5, 0.6) is 0 Å². The van der Waals surface area contributed by atoms with E-state index in [0.717, 1.165) is 12.8 Å². The first kappa shape index (κ1) is 16.8. The smallest absolute Gasteiger partial charge is 0.407 e. The van der Waals surface area contributed by atoms with Gasteiger partial charge in [-0.1, -0.05) is 0 Å². The molecule has 4 rings (SSSR count). The van der Waals surface area contributed by atoms with E-state index in [9.17, 15) is 14.0 Å². The Labute approximate surface area is 148 Å². The van der Waals surface area contributed by atoms with Crippen LogP contribution < -0.4 is 5.32 Å². The summed E-state index contributed by atoms with van der Waals surface area (Å²) in [6, 6.07) is 4.29. The van der Waals surface area contributed by atoms with Crippen molar-refractivity contribution in [3.8, 4) is 0 Å². The average molecular weight is 362 g/mol. The van der Waals surface area contributed by atoms with Crippen LogP contribution in [0.3, 0.4) is 0 Å². The van der Waals surface area contributed by atoms with Crippen molar-refractivity contribution in [2.75, 3.05) is 26.2 Å². The average Bonchev–Trinajstić information content (AvgIpc) is 3.17. The summed E-state index contributed by atoms with van der Waals surface area (Å²) in [5, 5.41) is 2.65. The molecule has 0 unspecified atom stereocenters. The van der Waals surface area contributed by atoms with Crippen molar-refractivity contribution in [1.29, 1.82) is 0 Å². The molecule has 3 heterocycles. The fourth-order valence-corrected chi connectivity index (χ4v) is 3.47. The maximum Gasteiger partial charge on any atom is 0.407 e. The summed E-state index contributed by atoms with van der Waals surface area (Å²) in [4.78, 5) is 32.6. The van der Waals surface area contributed by atoms with Gasteiger partial charge in [-0.2, -0.15) is 0 Å². The van der Waals surface area contributed by atoms with Crippen LogP contribution in [-0.2, 0) is 20.9 Å². The van der Waals surface area contributed by atoms with Gasteiger partial charge in [-0.25, -0.2) is 14.2 Å². The zero-order valence-corrected chi connectivity index (χ0v) is 14.1. The molecule has 2 amide bonds. The lowest BCUT2D eigenvalue weighted by Gasteiger charge is -2.38. The molecule has 138 valence electrons. The highest BCUT2D eigenvalue weighted by Gasteiger charge is 2.44. The van der Waals surface area contributed by atoms with Crippen LogP contribution in [0.1, 0.15) is 18.7 Å². The van der Waals surface area contributed by atoms with Crippen LogP contribution in [-0.4, -0.2) is 58.7 Å². The molecule has 1 aromatic carbocycles. The topological polar surface area (TPSA) is 96.5 Å². The summed E-state index contributed by atoms with van der Waals surface area (Å²) in [5.41, 5.74) is 0.613. The van der Waals surface area contributed by atoms with Crippen molar-refractivity contribution < 1.29 is 23.5 Å². The Morgan fingerprint density at radius 1 is 1.46 bits per heavy atom. The fourth-order valence-electron chi connectivity index (χ4n) is 3.47. The largest absolute Gasteiger partial charge is 0.439 e. The molecule has 2 fully saturated rings. The maximum atomic E-state index is 13.2. The molecule has 0 bridgehead atoms. The molecule has 2 N–H and O–H groups in total. The maximum absolute atomic E-state index is 13.2. The van der Waals surface area contributed by atoms with E-state index >= 15 is 0 Å². The first-order chi connectivity index (χ1) is 12.5. The number of rotatable bonds is 4. The lowest BCUT2D eigenvalue weighted by atomic mass is 9.93. The molecule has 1 aromatic heterocycles. The van der Waals surface area contributed by atoms with Gasteiger partial charge in [-0.15, -0.1) is 0 Å². The summed E-state index contributed by atoms with van der Waals surface area (Å²) < 4.78 is 24.0. The number of aromatic nitrogens is 2. The van der Waals surface area contributed by atoms with E-state index in [1.54, 1.807) is 11.0 Å². The fraction of sp³-hybridized carbons (Fsp3) is 0.471. The van der Waals surface area contributed by atoms with Gasteiger partial charge in [-0.05, 0) is 31.0 Å². The molecule has 1 spiro atoms. The number of aromatic amines is 1. The van der Waals surface area contributed by atoms with Gasteiger partial charge in [0.15, 0.2) is 0 Å². The zero-order valence-electron chi connectivity index (χ0n) is 14.1. The van der Waals surface area contributed by atoms with Crippen molar-refractivity contribution in [3.63, 3.8) is 0 Å². The molecule has 8 nitrogen and oxygen atoms in total. The number of nitrogens with one attached hydrogen (secondary N) is 2. The lowest BCUT2D eigenvalue weighted by Crippen LogP contribution is -2.53. The monoisotopic (exact) mass is 362 g/mol. The SMILES string of the molecule is O=C1NC[C@@]2(CCCN(C(=O)COCc3nc4ccc(F)cc4[nH]3)C2)O1. The highest BCUT2D eigenvalue weighted by molar-refractivity contribution is 5.78. The number of hydrogen-bond acceptors (Lipinski definition) is 5. The number of piperidine rings is 1. The standard InChI is InChI=1S/C17H19FN4O4/c18-11-2-3-12-13(6-11)21-14(20-12)7-25-8-15(23)22-5-1-4-17(10-22)9-19-16(24)26-17/h2-3,6H,1,4-5,7-10H2,(H,19,24)(H,20,21)/t17-/m1/s1. The molecule has 26 heavy (non-hydrogen) atoms. The minimum absolute atomic E-state index is 0.0944. The molecule has 0 saturated carbocycles. The summed E-state index contributed by atoms with van der Waals surface area (Å²) in [6.45, 7) is 1.44. The molecule has 2 aromatic rings. The van der Waals surface area contributed by atoms with Gasteiger partial charge < -0.3 is 24.7 Å². The number of hydrogen-bond donors (Lipinski definition) is 2. The first-order valence-electron chi connectivity index (χ1n) is 8.50. The van der Waals surface area contributed by atoms with Gasteiger partial charge in [0, 0.05) is 6.54 Å². The summed E-state index contributed by atoms with van der Waals surface area (Å²) in [6.07, 6.45) is 1.08. The number of ether oxygens (including phenoxy) is 2. The number of carbonyl (C=O) groups excluding carboxylic acids is 2. The second kappa shape index (κ2) is 6.56. The van der Waals surface area contributed by atoms with Crippen LogP contribution in [0, 0.1) is 5.82 Å². The predicted molar refractivity (Wildman–Crippen MR) is 88.7 cm³/mol. The minimum atomic E-state index is -0.617. The van der Waals surface area contributed by atoms with E-state index in [0.29, 0.717) is 36.5 Å². The Bertz CT molecular complexity index is 854. The van der Waals surface area contributed by atoms with Gasteiger partial charge in [0.25, 0.3) is 0 Å². The third-order valence-electron chi connectivity index (χ3n) is 4.71. The van der Waals surface area contributed by atoms with Gasteiger partial charge in [0.05, 0.1) is 24.1 Å². The van der Waals surface area contributed by atoms with Crippen LogP contribution in [0.25, 0.3) is 11.0 Å². The van der Waals surface area contributed by atoms with Crippen molar-refractivity contribution in [2.45, 2.75) is 25.0 Å². The number of fused-ring (bicyclic) bond motifs is 1. The number of alkyl carbamates (subject to hydrolysis) is 1. The molecule has 0 aliphatic carbocycles. The quantitative estimate of drug-likeness (QED) is 0.855. The van der Waals surface area contributed by atoms with E-state index < -0.39 is 11.7 Å². The number of imidazole rings is 1. The second-order valence-electron chi connectivity index (χ2n) is 6.68. The summed E-state index contributed by atoms with van der Waals surface area (Å²) >= 11 is 0. The Hall–Kier alpha value is -2.68. The Kier molecular flexibility index (Phi) is 4.23. The highest BCUT2D eigenvalue weighted by Crippen LogP contribution is 2.28. The van der Waals surface area contributed by atoms with Crippen molar-refractivity contribution in [2.24, 2.45) is 0 Å². The summed E-state index contributed by atoms with van der Waals surface area (Å²) in [7, 11) is 0. The molecule has 0 radical (unpaired) electrons. The van der Waals surface area contributed by atoms with Crippen molar-refractivity contribution in [3.05, 3.63) is 29.8 Å². The van der Waals surface area contributed by atoms with Gasteiger partial charge in [-0.3, -0.25) is 4.79 Å². The number of benzene rings is 1. The van der Waals surface area contributed by atoms with E-state index in [4.69, 9.17) is 9.47 Å². The Morgan fingerprint density at radius 3 is 3.15 bits per heavy atom. The van der Waals surface area contributed by atoms with E-state index in [1.165, 1.54) is 12.1 Å². The normalized spacial score (nSPS) is 22.7. The zero-order chi connectivity index (χ0) is 18.1. The highest BCUT2D eigenvalue weighted by atomic mass is 19.1. The summed E-state index contributed by atoms with van der Waals surface area (Å²) in [5.74, 6) is 0.0292. The number of amides is 2. The second-order valence-corrected chi connectivity index (χ2v) is 6.68. The lowest BCUT2D eigenvalue weighted by molar-refractivity contribution is -0.142. The van der Waals surface area contributed by atoms with E-state index in [2.05, 4.69) is 15.3 Å². The Balaban J connectivity index is 1.31. The van der Waals surface area contributed by atoms with Crippen molar-refractivity contribution >= 4 is 23.0 Å². The Morgan fingerprint density at radius 2 is 2.35 bits per heavy atom. The van der Waals surface area contributed by atoms with Crippen LogP contribution in [0.15, 0.2) is 18.2 Å². The molecule has 2 aliphatic heterocycles. The molecule has 2 aliphatic rings. The first-order valence-corrected chi connectivity index (χ1v) is 8.50. The van der Waals surface area contributed by atoms with E-state index in [1.807, 2.05) is 0 Å². The molecule has 9 heteroatoms.